The van der Waals surface area contributed by atoms with Gasteiger partial charge in [0.25, 0.3) is 5.79 Å². The highest BCUT2D eigenvalue weighted by molar-refractivity contribution is 6.34. The van der Waals surface area contributed by atoms with Gasteiger partial charge in [-0.15, -0.1) is 0 Å². The fraction of sp³-hybridized carbons (Fsp3) is 0.263. The van der Waals surface area contributed by atoms with Crippen LogP contribution in [-0.2, 0) is 31.6 Å². The van der Waals surface area contributed by atoms with E-state index >= 15 is 0 Å². The number of hydrogen-bond donors (Lipinski definition) is 3. The third-order valence-corrected chi connectivity index (χ3v) is 4.36. The fourth-order valence-electron chi connectivity index (χ4n) is 3.13. The lowest BCUT2D eigenvalue weighted by atomic mass is 9.87. The Morgan fingerprint density at radius 1 is 1.26 bits per heavy atom. The summed E-state index contributed by atoms with van der Waals surface area (Å²) in [5.74, 6) is -3.81. The molecule has 0 radical (unpaired) electrons. The van der Waals surface area contributed by atoms with Crippen LogP contribution < -0.4 is 5.73 Å². The maximum atomic E-state index is 12.0. The SMILES string of the molecule is CC(=O)C(=O)N(C)OC1(O)c2c(N)cccc2COC1c1ccc(O)cc1. The van der Waals surface area contributed by atoms with Crippen LogP contribution in [-0.4, -0.2) is 34.0 Å². The summed E-state index contributed by atoms with van der Waals surface area (Å²) in [7, 11) is 1.23. The Morgan fingerprint density at radius 2 is 1.93 bits per heavy atom. The van der Waals surface area contributed by atoms with Gasteiger partial charge in [0.15, 0.2) is 0 Å². The number of phenolic OH excluding ortho intramolecular Hbond substituents is 1. The summed E-state index contributed by atoms with van der Waals surface area (Å²) in [4.78, 5) is 28.9. The highest BCUT2D eigenvalue weighted by atomic mass is 16.8. The minimum atomic E-state index is -2.17. The average molecular weight is 372 g/mol. The number of aliphatic hydroxyl groups is 1. The molecule has 1 heterocycles. The van der Waals surface area contributed by atoms with Gasteiger partial charge in [-0.1, -0.05) is 24.3 Å². The molecule has 0 saturated heterocycles. The molecule has 1 aliphatic rings. The number of anilines is 1. The van der Waals surface area contributed by atoms with Crippen LogP contribution in [0.2, 0.25) is 0 Å². The quantitative estimate of drug-likeness (QED) is 0.321. The van der Waals surface area contributed by atoms with Gasteiger partial charge in [-0.05, 0) is 29.3 Å². The van der Waals surface area contributed by atoms with E-state index in [1.54, 1.807) is 30.3 Å². The second kappa shape index (κ2) is 6.99. The number of Topliss-reactive ketones (excluding diaryl/α,β-unsaturated/α-hetero) is 1. The second-order valence-corrected chi connectivity index (χ2v) is 6.31. The van der Waals surface area contributed by atoms with E-state index < -0.39 is 23.6 Å². The monoisotopic (exact) mass is 372 g/mol. The number of ketones is 1. The van der Waals surface area contributed by atoms with E-state index in [-0.39, 0.29) is 23.6 Å². The molecule has 3 rings (SSSR count). The number of ether oxygens (including phenoxy) is 1. The van der Waals surface area contributed by atoms with Crippen LogP contribution >= 0.6 is 0 Å². The minimum absolute atomic E-state index is 0.0443. The molecule has 0 aromatic heterocycles. The molecule has 0 aliphatic carbocycles. The van der Waals surface area contributed by atoms with Crippen LogP contribution in [0.3, 0.4) is 0 Å². The van der Waals surface area contributed by atoms with Crippen LogP contribution in [0.1, 0.15) is 29.7 Å². The number of hydroxylamine groups is 2. The Hall–Kier alpha value is -2.94. The summed E-state index contributed by atoms with van der Waals surface area (Å²) in [5, 5.41) is 21.7. The van der Waals surface area contributed by atoms with Crippen LogP contribution in [0.5, 0.6) is 5.75 Å². The smallest absolute Gasteiger partial charge is 0.313 e. The zero-order chi connectivity index (χ0) is 19.8. The van der Waals surface area contributed by atoms with Crippen molar-refractivity contribution in [2.45, 2.75) is 25.4 Å². The number of benzene rings is 2. The Balaban J connectivity index is 2.11. The van der Waals surface area contributed by atoms with E-state index in [0.29, 0.717) is 16.2 Å². The van der Waals surface area contributed by atoms with Crippen LogP contribution in [0.15, 0.2) is 42.5 Å². The van der Waals surface area contributed by atoms with Crippen LogP contribution in [0.25, 0.3) is 0 Å². The minimum Gasteiger partial charge on any atom is -0.508 e. The molecule has 0 bridgehead atoms. The van der Waals surface area contributed by atoms with Gasteiger partial charge >= 0.3 is 5.91 Å². The number of nitrogen functional groups attached to an aromatic ring is 1. The van der Waals surface area contributed by atoms with E-state index in [0.717, 1.165) is 6.92 Å². The first-order chi connectivity index (χ1) is 12.7. The number of carbonyl (C=O) groups is 2. The third-order valence-electron chi connectivity index (χ3n) is 4.36. The van der Waals surface area contributed by atoms with Gasteiger partial charge in [0, 0.05) is 25.2 Å². The Labute approximate surface area is 155 Å². The molecule has 1 aliphatic heterocycles. The molecule has 8 heteroatoms. The molecule has 2 unspecified atom stereocenters. The largest absolute Gasteiger partial charge is 0.508 e. The highest BCUT2D eigenvalue weighted by Crippen LogP contribution is 2.47. The summed E-state index contributed by atoms with van der Waals surface area (Å²) in [6, 6.07) is 11.0. The Bertz CT molecular complexity index is 882. The lowest BCUT2D eigenvalue weighted by molar-refractivity contribution is -0.364. The van der Waals surface area contributed by atoms with Gasteiger partial charge in [0.1, 0.15) is 11.9 Å². The normalized spacial score (nSPS) is 21.4. The summed E-state index contributed by atoms with van der Waals surface area (Å²) in [6.45, 7) is 1.26. The average Bonchev–Trinajstić information content (AvgIpc) is 2.62. The van der Waals surface area contributed by atoms with Crippen molar-refractivity contribution >= 4 is 17.4 Å². The number of aromatic hydroxyl groups is 1. The predicted octanol–water partition coefficient (Wildman–Crippen LogP) is 1.37. The van der Waals surface area contributed by atoms with Gasteiger partial charge in [-0.25, -0.2) is 9.90 Å². The highest BCUT2D eigenvalue weighted by Gasteiger charge is 2.50. The van der Waals surface area contributed by atoms with Crippen molar-refractivity contribution in [3.63, 3.8) is 0 Å². The van der Waals surface area contributed by atoms with Crippen molar-refractivity contribution in [1.82, 2.24) is 5.06 Å². The lowest BCUT2D eigenvalue weighted by Crippen LogP contribution is -2.48. The van der Waals surface area contributed by atoms with Crippen molar-refractivity contribution in [3.8, 4) is 5.75 Å². The van der Waals surface area contributed by atoms with Crippen molar-refractivity contribution in [1.29, 1.82) is 0 Å². The third kappa shape index (κ3) is 3.37. The summed E-state index contributed by atoms with van der Waals surface area (Å²) in [5.41, 5.74) is 7.69. The Kier molecular flexibility index (Phi) is 4.88. The Morgan fingerprint density at radius 3 is 2.56 bits per heavy atom. The van der Waals surface area contributed by atoms with Gasteiger partial charge < -0.3 is 20.7 Å². The number of fused-ring (bicyclic) bond motifs is 1. The zero-order valence-corrected chi connectivity index (χ0v) is 14.9. The number of likely N-dealkylation sites (N-methyl/N-ethyl adjacent to an activating group) is 1. The maximum absolute atomic E-state index is 12.0. The topological polar surface area (TPSA) is 122 Å². The molecule has 2 aromatic rings. The second-order valence-electron chi connectivity index (χ2n) is 6.31. The summed E-state index contributed by atoms with van der Waals surface area (Å²) in [6.07, 6.45) is -1.06. The molecular formula is C19H20N2O6. The van der Waals surface area contributed by atoms with E-state index in [4.69, 9.17) is 15.3 Å². The van der Waals surface area contributed by atoms with E-state index in [9.17, 15) is 19.8 Å². The molecule has 142 valence electrons. The zero-order valence-electron chi connectivity index (χ0n) is 14.9. The van der Waals surface area contributed by atoms with Crippen molar-refractivity contribution in [3.05, 3.63) is 59.2 Å². The first kappa shape index (κ1) is 18.8. The molecule has 0 spiro atoms. The maximum Gasteiger partial charge on any atom is 0.313 e. The number of rotatable bonds is 4. The molecule has 1 amide bonds. The van der Waals surface area contributed by atoms with E-state index in [1.165, 1.54) is 19.2 Å². The van der Waals surface area contributed by atoms with Gasteiger partial charge in [0.05, 0.1) is 6.61 Å². The molecular weight excluding hydrogens is 352 g/mol. The van der Waals surface area contributed by atoms with Gasteiger partial charge in [-0.2, -0.15) is 0 Å². The molecule has 0 saturated carbocycles. The van der Waals surface area contributed by atoms with Crippen LogP contribution in [0.4, 0.5) is 5.69 Å². The summed E-state index contributed by atoms with van der Waals surface area (Å²) < 4.78 is 5.81. The number of phenols is 1. The predicted molar refractivity (Wildman–Crippen MR) is 94.9 cm³/mol. The molecule has 2 aromatic carbocycles. The number of carbonyl (C=O) groups excluding carboxylic acids is 2. The first-order valence-electron chi connectivity index (χ1n) is 8.22. The number of amides is 1. The van der Waals surface area contributed by atoms with Crippen molar-refractivity contribution < 1.29 is 29.4 Å². The molecule has 4 N–H and O–H groups in total. The molecule has 8 nitrogen and oxygen atoms in total. The van der Waals surface area contributed by atoms with E-state index in [1.807, 2.05) is 0 Å². The number of nitrogens with two attached hydrogens (primary N) is 1. The summed E-state index contributed by atoms with van der Waals surface area (Å²) >= 11 is 0. The number of nitrogens with zero attached hydrogens (tertiary/aromatic N) is 1. The van der Waals surface area contributed by atoms with Crippen LogP contribution in [0, 0.1) is 0 Å². The molecule has 0 fully saturated rings. The molecule has 27 heavy (non-hydrogen) atoms. The fourth-order valence-corrected chi connectivity index (χ4v) is 3.13. The number of hydrogen-bond acceptors (Lipinski definition) is 7. The van der Waals surface area contributed by atoms with Gasteiger partial charge in [0.2, 0.25) is 5.78 Å². The van der Waals surface area contributed by atoms with Crippen molar-refractivity contribution in [2.24, 2.45) is 0 Å². The standard InChI is InChI=1S/C19H20N2O6/c1-11(22)18(24)21(2)27-19(25)16-13(4-3-5-15(16)20)10-26-17(19)12-6-8-14(23)9-7-12/h3-9,17,23,25H,10,20H2,1-2H3. The lowest BCUT2D eigenvalue weighted by Gasteiger charge is -2.42. The van der Waals surface area contributed by atoms with E-state index in [2.05, 4.69) is 0 Å². The first-order valence-corrected chi connectivity index (χ1v) is 8.22. The molecule has 2 atom stereocenters. The van der Waals surface area contributed by atoms with Crippen molar-refractivity contribution in [2.75, 3.05) is 12.8 Å². The van der Waals surface area contributed by atoms with Gasteiger partial charge in [-0.3, -0.25) is 9.59 Å².